The van der Waals surface area contributed by atoms with Crippen LogP contribution in [-0.2, 0) is 14.4 Å². The average molecular weight is 315 g/mol. The van der Waals surface area contributed by atoms with E-state index in [-0.39, 0.29) is 19.4 Å². The highest BCUT2D eigenvalue weighted by Crippen LogP contribution is 2.09. The summed E-state index contributed by atoms with van der Waals surface area (Å²) in [7, 11) is 0. The van der Waals surface area contributed by atoms with Gasteiger partial charge in [-0.3, -0.25) is 19.7 Å². The zero-order valence-electron chi connectivity index (χ0n) is 13.6. The number of hydrogen-bond donors (Lipinski definition) is 3. The minimum Gasteiger partial charge on any atom is -0.480 e. The first-order chi connectivity index (χ1) is 10.5. The van der Waals surface area contributed by atoms with E-state index >= 15 is 0 Å². The molecule has 0 aromatic heterocycles. The van der Waals surface area contributed by atoms with E-state index in [2.05, 4.69) is 5.32 Å². The summed E-state index contributed by atoms with van der Waals surface area (Å²) in [6, 6.07) is -1.79. The Morgan fingerprint density at radius 1 is 0.955 bits per heavy atom. The van der Waals surface area contributed by atoms with Crippen LogP contribution in [-0.4, -0.2) is 46.4 Å². The molecular weight excluding hydrogens is 286 g/mol. The Morgan fingerprint density at radius 2 is 1.59 bits per heavy atom. The van der Waals surface area contributed by atoms with E-state index in [0.29, 0.717) is 12.8 Å². The van der Waals surface area contributed by atoms with Crippen LogP contribution < -0.4 is 5.32 Å². The molecule has 1 unspecified atom stereocenters. The summed E-state index contributed by atoms with van der Waals surface area (Å²) >= 11 is 0. The van der Waals surface area contributed by atoms with Gasteiger partial charge in [-0.05, 0) is 19.3 Å². The maximum Gasteiger partial charge on any atom is 0.320 e. The summed E-state index contributed by atoms with van der Waals surface area (Å²) in [4.78, 5) is 35.3. The lowest BCUT2D eigenvalue weighted by atomic mass is 9.98. The van der Waals surface area contributed by atoms with Gasteiger partial charge in [-0.15, -0.1) is 0 Å². The number of aliphatic hydroxyl groups is 1. The Morgan fingerprint density at radius 3 is 2.09 bits per heavy atom. The lowest BCUT2D eigenvalue weighted by Crippen LogP contribution is -2.49. The van der Waals surface area contributed by atoms with E-state index in [1.54, 1.807) is 0 Å². The molecule has 3 N–H and O–H groups in total. The van der Waals surface area contributed by atoms with Crippen LogP contribution in [0.25, 0.3) is 0 Å². The molecule has 22 heavy (non-hydrogen) atoms. The summed E-state index contributed by atoms with van der Waals surface area (Å²) < 4.78 is 0. The smallest absolute Gasteiger partial charge is 0.320 e. The monoisotopic (exact) mass is 315 g/mol. The number of hydrogen-bond acceptors (Lipinski definition) is 5. The molecule has 0 aromatic carbocycles. The number of aliphatic carboxylic acids is 1. The Hall–Kier alpha value is -1.27. The SMILES string of the molecule is CCCCCC(N[C@@H](CCO)C(=O)O)C(=O)C(=O)CCCC. The van der Waals surface area contributed by atoms with Gasteiger partial charge in [-0.1, -0.05) is 39.5 Å². The van der Waals surface area contributed by atoms with Crippen molar-refractivity contribution >= 4 is 17.5 Å². The highest BCUT2D eigenvalue weighted by molar-refractivity contribution is 6.39. The fourth-order valence-electron chi connectivity index (χ4n) is 2.19. The number of rotatable bonds is 14. The first-order valence-corrected chi connectivity index (χ1v) is 8.14. The Bertz CT molecular complexity index is 356. The molecule has 0 radical (unpaired) electrons. The molecule has 0 aliphatic heterocycles. The third-order valence-electron chi connectivity index (χ3n) is 3.56. The van der Waals surface area contributed by atoms with Crippen LogP contribution in [0.3, 0.4) is 0 Å². The molecule has 0 rings (SSSR count). The summed E-state index contributed by atoms with van der Waals surface area (Å²) in [6.45, 7) is 3.68. The molecule has 0 saturated heterocycles. The molecule has 0 heterocycles. The molecule has 128 valence electrons. The number of carbonyl (C=O) groups excluding carboxylic acids is 2. The number of carboxylic acids is 1. The van der Waals surface area contributed by atoms with Crippen molar-refractivity contribution < 1.29 is 24.6 Å². The molecule has 0 fully saturated rings. The van der Waals surface area contributed by atoms with Crippen LogP contribution in [0.4, 0.5) is 0 Å². The number of nitrogens with one attached hydrogen (secondary N) is 1. The van der Waals surface area contributed by atoms with Crippen LogP contribution in [0.1, 0.15) is 65.2 Å². The normalized spacial score (nSPS) is 13.6. The van der Waals surface area contributed by atoms with Gasteiger partial charge in [0.15, 0.2) is 5.78 Å². The third kappa shape index (κ3) is 8.24. The second kappa shape index (κ2) is 12.3. The van der Waals surface area contributed by atoms with Crippen molar-refractivity contribution in [2.24, 2.45) is 0 Å². The molecular formula is C16H29NO5. The third-order valence-corrected chi connectivity index (χ3v) is 3.56. The summed E-state index contributed by atoms with van der Waals surface area (Å²) in [5.41, 5.74) is 0. The molecule has 0 aliphatic rings. The highest BCUT2D eigenvalue weighted by Gasteiger charge is 2.28. The Balaban J connectivity index is 4.81. The van der Waals surface area contributed by atoms with Gasteiger partial charge in [0, 0.05) is 13.0 Å². The van der Waals surface area contributed by atoms with Crippen molar-refractivity contribution in [1.29, 1.82) is 0 Å². The van der Waals surface area contributed by atoms with Crippen LogP contribution in [0.5, 0.6) is 0 Å². The molecule has 6 heteroatoms. The zero-order valence-corrected chi connectivity index (χ0v) is 13.6. The zero-order chi connectivity index (χ0) is 17.0. The predicted octanol–water partition coefficient (Wildman–Crippen LogP) is 1.69. The Kier molecular flexibility index (Phi) is 11.6. The molecule has 0 saturated carbocycles. The van der Waals surface area contributed by atoms with Crippen LogP contribution >= 0.6 is 0 Å². The lowest BCUT2D eigenvalue weighted by Gasteiger charge is -2.21. The molecule has 0 aliphatic carbocycles. The van der Waals surface area contributed by atoms with E-state index in [9.17, 15) is 14.4 Å². The number of carbonyl (C=O) groups is 3. The van der Waals surface area contributed by atoms with Gasteiger partial charge in [-0.2, -0.15) is 0 Å². The van der Waals surface area contributed by atoms with E-state index in [1.165, 1.54) is 0 Å². The van der Waals surface area contributed by atoms with Crippen LogP contribution in [0.15, 0.2) is 0 Å². The second-order valence-corrected chi connectivity index (χ2v) is 5.51. The van der Waals surface area contributed by atoms with E-state index in [4.69, 9.17) is 10.2 Å². The second-order valence-electron chi connectivity index (χ2n) is 5.51. The average Bonchev–Trinajstić information content (AvgIpc) is 2.49. The van der Waals surface area contributed by atoms with Crippen molar-refractivity contribution in [3.05, 3.63) is 0 Å². The van der Waals surface area contributed by atoms with Gasteiger partial charge in [0.05, 0.1) is 6.04 Å². The van der Waals surface area contributed by atoms with Crippen LogP contribution in [0.2, 0.25) is 0 Å². The number of unbranched alkanes of at least 4 members (excludes halogenated alkanes) is 3. The molecule has 0 amide bonds. The lowest BCUT2D eigenvalue weighted by molar-refractivity contribution is -0.142. The molecule has 0 spiro atoms. The van der Waals surface area contributed by atoms with Crippen LogP contribution in [0, 0.1) is 0 Å². The van der Waals surface area contributed by atoms with E-state index in [1.807, 2.05) is 13.8 Å². The van der Waals surface area contributed by atoms with Crippen molar-refractivity contribution in [1.82, 2.24) is 5.32 Å². The van der Waals surface area contributed by atoms with Crippen molar-refractivity contribution in [2.45, 2.75) is 77.3 Å². The highest BCUT2D eigenvalue weighted by atomic mass is 16.4. The summed E-state index contributed by atoms with van der Waals surface area (Å²) in [5, 5.41) is 20.8. The summed E-state index contributed by atoms with van der Waals surface area (Å²) in [5.74, 6) is -2.10. The molecule has 6 nitrogen and oxygen atoms in total. The minimum atomic E-state index is -1.12. The molecule has 0 aromatic rings. The van der Waals surface area contributed by atoms with Crippen molar-refractivity contribution in [2.75, 3.05) is 6.61 Å². The quantitative estimate of drug-likeness (QED) is 0.333. The van der Waals surface area contributed by atoms with Crippen molar-refractivity contribution in [3.63, 3.8) is 0 Å². The van der Waals surface area contributed by atoms with Gasteiger partial charge in [0.1, 0.15) is 6.04 Å². The van der Waals surface area contributed by atoms with Crippen molar-refractivity contribution in [3.8, 4) is 0 Å². The topological polar surface area (TPSA) is 104 Å². The number of carboxylic acid groups (broad SMARTS) is 1. The maximum atomic E-state index is 12.2. The number of Topliss-reactive ketones (excluding diaryl/α,β-unsaturated/α-hetero) is 2. The molecule has 0 bridgehead atoms. The Labute approximate surface area is 132 Å². The first kappa shape index (κ1) is 20.7. The predicted molar refractivity (Wildman–Crippen MR) is 83.7 cm³/mol. The minimum absolute atomic E-state index is 0.00996. The summed E-state index contributed by atoms with van der Waals surface area (Å²) in [6.07, 6.45) is 4.80. The van der Waals surface area contributed by atoms with Gasteiger partial charge >= 0.3 is 5.97 Å². The fraction of sp³-hybridized carbons (Fsp3) is 0.812. The fourth-order valence-corrected chi connectivity index (χ4v) is 2.19. The van der Waals surface area contributed by atoms with E-state index in [0.717, 1.165) is 25.7 Å². The number of ketones is 2. The standard InChI is InChI=1S/C16H29NO5/c1-3-5-7-8-12(15(20)14(19)9-6-4-2)17-13(10-11-18)16(21)22/h12-13,17-18H,3-11H2,1-2H3,(H,21,22)/t12?,13-/m0/s1. The maximum absolute atomic E-state index is 12.2. The molecule has 2 atom stereocenters. The largest absolute Gasteiger partial charge is 0.480 e. The van der Waals surface area contributed by atoms with Gasteiger partial charge in [0.25, 0.3) is 0 Å². The first-order valence-electron chi connectivity index (χ1n) is 8.14. The van der Waals surface area contributed by atoms with E-state index < -0.39 is 29.6 Å². The van der Waals surface area contributed by atoms with Gasteiger partial charge in [0.2, 0.25) is 5.78 Å². The van der Waals surface area contributed by atoms with Gasteiger partial charge in [-0.25, -0.2) is 0 Å². The van der Waals surface area contributed by atoms with Gasteiger partial charge < -0.3 is 10.2 Å². The number of aliphatic hydroxyl groups excluding tert-OH is 1.